The molecule has 21 heavy (non-hydrogen) atoms. The van der Waals surface area contributed by atoms with Crippen molar-refractivity contribution in [3.8, 4) is 0 Å². The topological polar surface area (TPSA) is 49.3 Å². The fourth-order valence-electron chi connectivity index (χ4n) is 2.91. The number of hydrogen-bond donors (Lipinski definition) is 2. The molecule has 0 saturated carbocycles. The molecule has 1 aromatic carbocycles. The average Bonchev–Trinajstić information content (AvgIpc) is 3.07. The molecular weight excluding hydrogens is 289 g/mol. The lowest BCUT2D eigenvalue weighted by atomic mass is 10.1. The van der Waals surface area contributed by atoms with Crippen LogP contribution in [0.3, 0.4) is 0 Å². The van der Waals surface area contributed by atoms with E-state index >= 15 is 0 Å². The Morgan fingerprint density at radius 2 is 2.33 bits per heavy atom. The lowest BCUT2D eigenvalue weighted by Gasteiger charge is -2.21. The molecule has 1 heterocycles. The minimum atomic E-state index is -0.821. The van der Waals surface area contributed by atoms with Crippen molar-refractivity contribution < 1.29 is 14.3 Å². The Morgan fingerprint density at radius 3 is 3.05 bits per heavy atom. The Hall–Kier alpha value is -1.72. The predicted molar refractivity (Wildman–Crippen MR) is 79.9 cm³/mol. The standard InChI is InChI=1S/C16H16FNO2S/c17-11-4-5-12-10(8-11)3-6-13(12)18-14(9-16(19)20)15-2-1-7-21-15/h1-2,4-5,7-8,13-14,18H,3,6,9H2,(H,19,20). The number of thiophene rings is 1. The summed E-state index contributed by atoms with van der Waals surface area (Å²) in [4.78, 5) is 12.1. The molecule has 0 saturated heterocycles. The fraction of sp³-hybridized carbons (Fsp3) is 0.312. The minimum absolute atomic E-state index is 0.0491. The number of aryl methyl sites for hydroxylation is 1. The minimum Gasteiger partial charge on any atom is -0.481 e. The van der Waals surface area contributed by atoms with E-state index in [1.54, 1.807) is 17.4 Å². The Kier molecular flexibility index (Phi) is 4.03. The Bertz CT molecular complexity index is 642. The van der Waals surface area contributed by atoms with Crippen molar-refractivity contribution in [2.75, 3.05) is 0 Å². The van der Waals surface area contributed by atoms with Crippen molar-refractivity contribution in [1.82, 2.24) is 5.32 Å². The SMILES string of the molecule is O=C(O)CC(NC1CCc2cc(F)ccc21)c1cccs1. The fourth-order valence-corrected chi connectivity index (χ4v) is 3.69. The molecule has 110 valence electrons. The molecule has 5 heteroatoms. The molecule has 2 unspecified atom stereocenters. The van der Waals surface area contributed by atoms with Gasteiger partial charge in [0.1, 0.15) is 5.82 Å². The van der Waals surface area contributed by atoms with Crippen molar-refractivity contribution in [1.29, 1.82) is 0 Å². The maximum atomic E-state index is 13.3. The number of nitrogens with one attached hydrogen (secondary N) is 1. The van der Waals surface area contributed by atoms with E-state index in [0.717, 1.165) is 28.8 Å². The summed E-state index contributed by atoms with van der Waals surface area (Å²) >= 11 is 1.55. The van der Waals surface area contributed by atoms with Crippen LogP contribution in [0.1, 0.15) is 40.9 Å². The molecule has 2 aromatic rings. The predicted octanol–water partition coefficient (Wildman–Crippen LogP) is 3.68. The maximum Gasteiger partial charge on any atom is 0.305 e. The van der Waals surface area contributed by atoms with Gasteiger partial charge in [0.25, 0.3) is 0 Å². The van der Waals surface area contributed by atoms with Gasteiger partial charge in [0, 0.05) is 10.9 Å². The number of carboxylic acids is 1. The number of carboxylic acid groups (broad SMARTS) is 1. The smallest absolute Gasteiger partial charge is 0.305 e. The Morgan fingerprint density at radius 1 is 1.48 bits per heavy atom. The molecule has 0 fully saturated rings. The zero-order chi connectivity index (χ0) is 14.8. The molecule has 2 atom stereocenters. The van der Waals surface area contributed by atoms with E-state index in [2.05, 4.69) is 5.32 Å². The summed E-state index contributed by atoms with van der Waals surface area (Å²) in [6, 6.07) is 8.61. The number of rotatable bonds is 5. The van der Waals surface area contributed by atoms with Gasteiger partial charge >= 0.3 is 5.97 Å². The van der Waals surface area contributed by atoms with E-state index in [9.17, 15) is 9.18 Å². The first-order valence-electron chi connectivity index (χ1n) is 6.93. The molecule has 2 N–H and O–H groups in total. The van der Waals surface area contributed by atoms with Crippen molar-refractivity contribution >= 4 is 17.3 Å². The van der Waals surface area contributed by atoms with Crippen LogP contribution in [-0.2, 0) is 11.2 Å². The van der Waals surface area contributed by atoms with Gasteiger partial charge in [0.2, 0.25) is 0 Å². The average molecular weight is 305 g/mol. The van der Waals surface area contributed by atoms with Gasteiger partial charge < -0.3 is 10.4 Å². The van der Waals surface area contributed by atoms with Crippen LogP contribution in [0.15, 0.2) is 35.7 Å². The highest BCUT2D eigenvalue weighted by atomic mass is 32.1. The molecule has 3 nitrogen and oxygen atoms in total. The molecule has 1 aliphatic rings. The number of aliphatic carboxylic acids is 1. The van der Waals surface area contributed by atoms with Crippen LogP contribution in [0.2, 0.25) is 0 Å². The molecule has 1 aliphatic carbocycles. The number of fused-ring (bicyclic) bond motifs is 1. The highest BCUT2D eigenvalue weighted by Gasteiger charge is 2.27. The third kappa shape index (κ3) is 3.14. The summed E-state index contributed by atoms with van der Waals surface area (Å²) in [7, 11) is 0. The van der Waals surface area contributed by atoms with Gasteiger partial charge in [0.05, 0.1) is 12.5 Å². The molecule has 0 bridgehead atoms. The van der Waals surface area contributed by atoms with Gasteiger partial charge in [-0.15, -0.1) is 11.3 Å². The Labute approximate surface area is 126 Å². The van der Waals surface area contributed by atoms with Gasteiger partial charge in [-0.25, -0.2) is 4.39 Å². The molecule has 0 amide bonds. The summed E-state index contributed by atoms with van der Waals surface area (Å²) in [5, 5.41) is 14.5. The molecule has 0 spiro atoms. The quantitative estimate of drug-likeness (QED) is 0.886. The van der Waals surface area contributed by atoms with Crippen LogP contribution >= 0.6 is 11.3 Å². The number of hydrogen-bond acceptors (Lipinski definition) is 3. The monoisotopic (exact) mass is 305 g/mol. The lowest BCUT2D eigenvalue weighted by molar-refractivity contribution is -0.137. The maximum absolute atomic E-state index is 13.3. The summed E-state index contributed by atoms with van der Waals surface area (Å²) in [6.45, 7) is 0. The summed E-state index contributed by atoms with van der Waals surface area (Å²) in [6.07, 6.45) is 1.75. The molecular formula is C16H16FNO2S. The molecule has 0 radical (unpaired) electrons. The van der Waals surface area contributed by atoms with E-state index in [4.69, 9.17) is 5.11 Å². The summed E-state index contributed by atoms with van der Waals surface area (Å²) in [5.41, 5.74) is 2.11. The normalized spacial score (nSPS) is 18.4. The second-order valence-corrected chi connectivity index (χ2v) is 6.25. The van der Waals surface area contributed by atoms with Crippen LogP contribution in [-0.4, -0.2) is 11.1 Å². The Balaban J connectivity index is 1.80. The van der Waals surface area contributed by atoms with E-state index in [0.29, 0.717) is 0 Å². The first-order chi connectivity index (χ1) is 10.1. The van der Waals surface area contributed by atoms with Crippen molar-refractivity contribution in [3.63, 3.8) is 0 Å². The summed E-state index contributed by atoms with van der Waals surface area (Å²) < 4.78 is 13.3. The third-order valence-corrected chi connectivity index (χ3v) is 4.84. The number of halogens is 1. The molecule has 1 aromatic heterocycles. The molecule has 3 rings (SSSR count). The van der Waals surface area contributed by atoms with Crippen molar-refractivity contribution in [2.24, 2.45) is 0 Å². The van der Waals surface area contributed by atoms with Gasteiger partial charge in [-0.1, -0.05) is 12.1 Å². The zero-order valence-corrected chi connectivity index (χ0v) is 12.2. The second kappa shape index (κ2) is 5.95. The van der Waals surface area contributed by atoms with Crippen LogP contribution < -0.4 is 5.32 Å². The van der Waals surface area contributed by atoms with Gasteiger partial charge in [-0.05, 0) is 47.5 Å². The third-order valence-electron chi connectivity index (χ3n) is 3.85. The van der Waals surface area contributed by atoms with E-state index in [1.165, 1.54) is 6.07 Å². The first-order valence-corrected chi connectivity index (χ1v) is 7.81. The highest BCUT2D eigenvalue weighted by molar-refractivity contribution is 7.10. The summed E-state index contributed by atoms with van der Waals surface area (Å²) in [5.74, 6) is -1.03. The van der Waals surface area contributed by atoms with E-state index in [1.807, 2.05) is 23.6 Å². The first kappa shape index (κ1) is 14.2. The van der Waals surface area contributed by atoms with Gasteiger partial charge in [-0.3, -0.25) is 4.79 Å². The largest absolute Gasteiger partial charge is 0.481 e. The van der Waals surface area contributed by atoms with Crippen LogP contribution in [0.25, 0.3) is 0 Å². The van der Waals surface area contributed by atoms with Gasteiger partial charge in [0.15, 0.2) is 0 Å². The van der Waals surface area contributed by atoms with Crippen molar-refractivity contribution in [3.05, 3.63) is 57.5 Å². The second-order valence-electron chi connectivity index (χ2n) is 5.27. The zero-order valence-electron chi connectivity index (χ0n) is 11.4. The van der Waals surface area contributed by atoms with Gasteiger partial charge in [-0.2, -0.15) is 0 Å². The van der Waals surface area contributed by atoms with Crippen LogP contribution in [0.4, 0.5) is 4.39 Å². The van der Waals surface area contributed by atoms with Crippen molar-refractivity contribution in [2.45, 2.75) is 31.3 Å². The van der Waals surface area contributed by atoms with Crippen LogP contribution in [0, 0.1) is 5.82 Å². The molecule has 0 aliphatic heterocycles. The number of carbonyl (C=O) groups is 1. The van der Waals surface area contributed by atoms with Crippen LogP contribution in [0.5, 0.6) is 0 Å². The van der Waals surface area contributed by atoms with E-state index < -0.39 is 5.97 Å². The highest BCUT2D eigenvalue weighted by Crippen LogP contribution is 2.34. The number of benzene rings is 1. The lowest BCUT2D eigenvalue weighted by Crippen LogP contribution is -2.26. The van der Waals surface area contributed by atoms with E-state index in [-0.39, 0.29) is 24.3 Å².